The van der Waals surface area contributed by atoms with E-state index in [0.717, 1.165) is 12.8 Å². The van der Waals surface area contributed by atoms with Gasteiger partial charge in [-0.1, -0.05) is 13.8 Å². The Morgan fingerprint density at radius 3 is 2.00 bits per heavy atom. The van der Waals surface area contributed by atoms with Gasteiger partial charge in [-0.15, -0.1) is 0 Å². The zero-order chi connectivity index (χ0) is 19.8. The van der Waals surface area contributed by atoms with Gasteiger partial charge in [0.2, 0.25) is 5.91 Å². The molecule has 1 aromatic rings. The van der Waals surface area contributed by atoms with Crippen molar-refractivity contribution in [2.45, 2.75) is 33.6 Å². The molecule has 1 aliphatic rings. The van der Waals surface area contributed by atoms with Crippen LogP contribution in [-0.4, -0.2) is 60.6 Å². The van der Waals surface area contributed by atoms with Gasteiger partial charge >= 0.3 is 6.16 Å². The highest BCUT2D eigenvalue weighted by molar-refractivity contribution is 5.94. The Balaban J connectivity index is 1.90. The third kappa shape index (κ3) is 5.45. The highest BCUT2D eigenvalue weighted by atomic mass is 16.7. The summed E-state index contributed by atoms with van der Waals surface area (Å²) >= 11 is 0. The monoisotopic (exact) mass is 376 g/mol. The lowest BCUT2D eigenvalue weighted by Crippen LogP contribution is -2.51. The first-order valence-electron chi connectivity index (χ1n) is 9.52. The van der Waals surface area contributed by atoms with Crippen LogP contribution in [0.4, 0.5) is 4.79 Å². The molecule has 1 aliphatic heterocycles. The van der Waals surface area contributed by atoms with Crippen LogP contribution in [0.2, 0.25) is 0 Å². The standard InChI is InChI=1S/C20H28N2O5/c1-4-15(5-2)18(23)21-11-13-22(14-12-21)19(24)16-7-9-17(10-8-16)27-20(25)26-6-3/h7-10,15H,4-6,11-14H2,1-3H3. The molecule has 0 atom stereocenters. The van der Waals surface area contributed by atoms with Crippen molar-refractivity contribution in [3.05, 3.63) is 29.8 Å². The van der Waals surface area contributed by atoms with Gasteiger partial charge < -0.3 is 19.3 Å². The predicted molar refractivity (Wildman–Crippen MR) is 101 cm³/mol. The Hall–Kier alpha value is -2.57. The number of ether oxygens (including phenoxy) is 2. The molecule has 0 saturated carbocycles. The Labute approximate surface area is 160 Å². The van der Waals surface area contributed by atoms with Crippen molar-refractivity contribution in [2.75, 3.05) is 32.8 Å². The molecule has 0 N–H and O–H groups in total. The van der Waals surface area contributed by atoms with E-state index < -0.39 is 6.16 Å². The van der Waals surface area contributed by atoms with Gasteiger partial charge in [-0.25, -0.2) is 4.79 Å². The molecule has 27 heavy (non-hydrogen) atoms. The van der Waals surface area contributed by atoms with Crippen LogP contribution in [0.5, 0.6) is 5.75 Å². The number of amides is 2. The van der Waals surface area contributed by atoms with Crippen LogP contribution < -0.4 is 4.74 Å². The van der Waals surface area contributed by atoms with Crippen molar-refractivity contribution in [3.63, 3.8) is 0 Å². The number of rotatable bonds is 6. The lowest BCUT2D eigenvalue weighted by atomic mass is 10.0. The van der Waals surface area contributed by atoms with Gasteiger partial charge in [0.15, 0.2) is 0 Å². The molecule has 0 aromatic heterocycles. The molecule has 7 heteroatoms. The molecule has 0 radical (unpaired) electrons. The quantitative estimate of drug-likeness (QED) is 0.564. The summed E-state index contributed by atoms with van der Waals surface area (Å²) in [4.78, 5) is 40.0. The minimum Gasteiger partial charge on any atom is -0.434 e. The van der Waals surface area contributed by atoms with Gasteiger partial charge in [-0.3, -0.25) is 9.59 Å². The van der Waals surface area contributed by atoms with Crippen LogP contribution in [0.15, 0.2) is 24.3 Å². The van der Waals surface area contributed by atoms with E-state index in [2.05, 4.69) is 0 Å². The Morgan fingerprint density at radius 1 is 0.926 bits per heavy atom. The third-order valence-corrected chi connectivity index (χ3v) is 4.78. The molecule has 0 unspecified atom stereocenters. The van der Waals surface area contributed by atoms with Crippen molar-refractivity contribution in [3.8, 4) is 5.75 Å². The summed E-state index contributed by atoms with van der Waals surface area (Å²) in [5, 5.41) is 0. The van der Waals surface area contributed by atoms with E-state index in [1.807, 2.05) is 18.7 Å². The third-order valence-electron chi connectivity index (χ3n) is 4.78. The number of carbonyl (C=O) groups excluding carboxylic acids is 3. The molecule has 2 rings (SSSR count). The van der Waals surface area contributed by atoms with Crippen molar-refractivity contribution in [1.82, 2.24) is 9.80 Å². The van der Waals surface area contributed by atoms with Crippen LogP contribution >= 0.6 is 0 Å². The van der Waals surface area contributed by atoms with Crippen molar-refractivity contribution in [1.29, 1.82) is 0 Å². The molecule has 0 spiro atoms. The average Bonchev–Trinajstić information content (AvgIpc) is 2.69. The highest BCUT2D eigenvalue weighted by Gasteiger charge is 2.27. The average molecular weight is 376 g/mol. The minimum absolute atomic E-state index is 0.0687. The maximum atomic E-state index is 12.6. The second-order valence-corrected chi connectivity index (χ2v) is 6.44. The summed E-state index contributed by atoms with van der Waals surface area (Å²) in [5.74, 6) is 0.490. The Kier molecular flexibility index (Phi) is 7.64. The molecule has 1 saturated heterocycles. The number of nitrogens with zero attached hydrogens (tertiary/aromatic N) is 2. The van der Waals surface area contributed by atoms with Crippen LogP contribution in [-0.2, 0) is 9.53 Å². The Bertz CT molecular complexity index is 647. The van der Waals surface area contributed by atoms with Crippen molar-refractivity contribution in [2.24, 2.45) is 5.92 Å². The highest BCUT2D eigenvalue weighted by Crippen LogP contribution is 2.17. The lowest BCUT2D eigenvalue weighted by Gasteiger charge is -2.36. The van der Waals surface area contributed by atoms with Gasteiger partial charge in [0.25, 0.3) is 5.91 Å². The fourth-order valence-corrected chi connectivity index (χ4v) is 3.12. The Morgan fingerprint density at radius 2 is 1.48 bits per heavy atom. The molecular weight excluding hydrogens is 348 g/mol. The molecule has 7 nitrogen and oxygen atoms in total. The molecular formula is C20H28N2O5. The fraction of sp³-hybridized carbons (Fsp3) is 0.550. The number of piperazine rings is 1. The number of hydrogen-bond donors (Lipinski definition) is 0. The normalized spacial score (nSPS) is 14.2. The maximum Gasteiger partial charge on any atom is 0.513 e. The molecule has 1 heterocycles. The molecule has 0 bridgehead atoms. The maximum absolute atomic E-state index is 12.6. The van der Waals surface area contributed by atoms with Gasteiger partial charge in [0.05, 0.1) is 6.61 Å². The van der Waals surface area contributed by atoms with E-state index in [4.69, 9.17) is 9.47 Å². The van der Waals surface area contributed by atoms with E-state index in [1.165, 1.54) is 0 Å². The smallest absolute Gasteiger partial charge is 0.434 e. The molecule has 1 aromatic carbocycles. The van der Waals surface area contributed by atoms with Gasteiger partial charge in [0.1, 0.15) is 5.75 Å². The number of benzene rings is 1. The number of carbonyl (C=O) groups is 3. The van der Waals surface area contributed by atoms with Crippen LogP contribution in [0, 0.1) is 5.92 Å². The summed E-state index contributed by atoms with van der Waals surface area (Å²) in [6.45, 7) is 8.15. The van der Waals surface area contributed by atoms with Crippen molar-refractivity contribution >= 4 is 18.0 Å². The zero-order valence-corrected chi connectivity index (χ0v) is 16.3. The topological polar surface area (TPSA) is 76.2 Å². The molecule has 0 aliphatic carbocycles. The largest absolute Gasteiger partial charge is 0.513 e. The van der Waals surface area contributed by atoms with E-state index in [1.54, 1.807) is 36.1 Å². The summed E-state index contributed by atoms with van der Waals surface area (Å²) in [7, 11) is 0. The van der Waals surface area contributed by atoms with Crippen LogP contribution in [0.1, 0.15) is 44.0 Å². The van der Waals surface area contributed by atoms with Gasteiger partial charge in [0, 0.05) is 37.7 Å². The first-order valence-corrected chi connectivity index (χ1v) is 9.52. The number of hydrogen-bond acceptors (Lipinski definition) is 5. The molecule has 2 amide bonds. The summed E-state index contributed by atoms with van der Waals surface area (Å²) < 4.78 is 9.70. The van der Waals surface area contributed by atoms with Crippen LogP contribution in [0.25, 0.3) is 0 Å². The predicted octanol–water partition coefficient (Wildman–Crippen LogP) is 2.94. The fourth-order valence-electron chi connectivity index (χ4n) is 3.12. The lowest BCUT2D eigenvalue weighted by molar-refractivity contribution is -0.137. The minimum atomic E-state index is -0.769. The van der Waals surface area contributed by atoms with E-state index in [9.17, 15) is 14.4 Å². The summed E-state index contributed by atoms with van der Waals surface area (Å²) in [6.07, 6.45) is 0.915. The molecule has 148 valence electrons. The van der Waals surface area contributed by atoms with Crippen LogP contribution in [0.3, 0.4) is 0 Å². The second-order valence-electron chi connectivity index (χ2n) is 6.44. The van der Waals surface area contributed by atoms with E-state index in [0.29, 0.717) is 37.5 Å². The second kappa shape index (κ2) is 9.94. The summed E-state index contributed by atoms with van der Waals surface area (Å²) in [6, 6.07) is 6.38. The first-order chi connectivity index (χ1) is 13.0. The van der Waals surface area contributed by atoms with E-state index in [-0.39, 0.29) is 24.3 Å². The SMILES string of the molecule is CCOC(=O)Oc1ccc(C(=O)N2CCN(C(=O)C(CC)CC)CC2)cc1. The zero-order valence-electron chi connectivity index (χ0n) is 16.3. The molecule has 1 fully saturated rings. The van der Waals surface area contributed by atoms with Gasteiger partial charge in [-0.05, 0) is 44.0 Å². The van der Waals surface area contributed by atoms with Gasteiger partial charge in [-0.2, -0.15) is 0 Å². The first kappa shape index (κ1) is 20.7. The van der Waals surface area contributed by atoms with E-state index >= 15 is 0 Å². The van der Waals surface area contributed by atoms with Crippen molar-refractivity contribution < 1.29 is 23.9 Å². The summed E-state index contributed by atoms with van der Waals surface area (Å²) in [5.41, 5.74) is 0.519.